The highest BCUT2D eigenvalue weighted by molar-refractivity contribution is 6.33. The van der Waals surface area contributed by atoms with Crippen LogP contribution in [-0.2, 0) is 9.53 Å². The first-order valence-electron chi connectivity index (χ1n) is 9.23. The summed E-state index contributed by atoms with van der Waals surface area (Å²) in [4.78, 5) is 37.5. The molecule has 1 aromatic heterocycles. The van der Waals surface area contributed by atoms with Crippen LogP contribution in [-0.4, -0.2) is 40.9 Å². The second kappa shape index (κ2) is 7.14. The van der Waals surface area contributed by atoms with Crippen molar-refractivity contribution in [3.63, 3.8) is 0 Å². The van der Waals surface area contributed by atoms with Crippen LogP contribution in [0, 0.1) is 21.4 Å². The molecule has 2 atom stereocenters. The molecule has 1 aliphatic heterocycles. The van der Waals surface area contributed by atoms with Crippen molar-refractivity contribution in [3.05, 3.63) is 56.0 Å². The number of nitrogens with zero attached hydrogens (tertiary/aromatic N) is 4. The summed E-state index contributed by atoms with van der Waals surface area (Å²) in [6, 6.07) is 5.48. The van der Waals surface area contributed by atoms with Crippen molar-refractivity contribution in [2.75, 3.05) is 25.1 Å². The van der Waals surface area contributed by atoms with Gasteiger partial charge in [-0.05, 0) is 30.9 Å². The molecule has 0 amide bonds. The predicted octanol–water partition coefficient (Wildman–Crippen LogP) is 2.57. The summed E-state index contributed by atoms with van der Waals surface area (Å²) in [5.41, 5.74) is -0.319. The second-order valence-electron chi connectivity index (χ2n) is 7.45. The van der Waals surface area contributed by atoms with Crippen LogP contribution in [0.1, 0.15) is 19.3 Å². The zero-order chi connectivity index (χ0) is 20.8. The van der Waals surface area contributed by atoms with Crippen LogP contribution in [0.2, 0.25) is 5.02 Å². The summed E-state index contributed by atoms with van der Waals surface area (Å²) in [6.45, 7) is 1.05. The minimum absolute atomic E-state index is 0.00154. The first kappa shape index (κ1) is 19.4. The normalized spacial score (nSPS) is 23.1. The molecule has 152 valence electrons. The number of nitro benzene ring substituents is 1. The van der Waals surface area contributed by atoms with Gasteiger partial charge in [0.25, 0.3) is 11.2 Å². The summed E-state index contributed by atoms with van der Waals surface area (Å²) in [6.07, 6.45) is 4.15. The number of carbonyl (C=O) groups is 1. The molecule has 0 radical (unpaired) electrons. The van der Waals surface area contributed by atoms with Gasteiger partial charge in [-0.3, -0.25) is 19.7 Å². The average molecular weight is 419 g/mol. The van der Waals surface area contributed by atoms with Crippen LogP contribution >= 0.6 is 11.6 Å². The number of non-ortho nitro benzene ring substituents is 1. The van der Waals surface area contributed by atoms with Crippen molar-refractivity contribution < 1.29 is 14.5 Å². The van der Waals surface area contributed by atoms with Crippen molar-refractivity contribution in [3.8, 4) is 5.69 Å². The molecule has 4 rings (SSSR count). The van der Waals surface area contributed by atoms with Gasteiger partial charge in [0.2, 0.25) is 0 Å². The Morgan fingerprint density at radius 2 is 2.10 bits per heavy atom. The van der Waals surface area contributed by atoms with E-state index in [1.165, 1.54) is 37.6 Å². The molecule has 2 heterocycles. The first-order chi connectivity index (χ1) is 13.9. The van der Waals surface area contributed by atoms with Gasteiger partial charge in [-0.2, -0.15) is 9.78 Å². The van der Waals surface area contributed by atoms with E-state index in [2.05, 4.69) is 5.10 Å². The lowest BCUT2D eigenvalue weighted by Gasteiger charge is -2.26. The molecule has 1 aliphatic carbocycles. The molecule has 2 aliphatic rings. The van der Waals surface area contributed by atoms with Crippen molar-refractivity contribution in [2.45, 2.75) is 19.3 Å². The van der Waals surface area contributed by atoms with Crippen LogP contribution in [0.15, 0.2) is 35.3 Å². The number of ether oxygens (including phenoxy) is 1. The topological polar surface area (TPSA) is 108 Å². The van der Waals surface area contributed by atoms with E-state index in [9.17, 15) is 19.7 Å². The quantitative estimate of drug-likeness (QED) is 0.426. The van der Waals surface area contributed by atoms with E-state index >= 15 is 0 Å². The monoisotopic (exact) mass is 418 g/mol. The van der Waals surface area contributed by atoms with Gasteiger partial charge in [0.15, 0.2) is 0 Å². The molecule has 29 heavy (non-hydrogen) atoms. The number of anilines is 1. The van der Waals surface area contributed by atoms with Gasteiger partial charge in [0.1, 0.15) is 5.02 Å². The molecule has 2 fully saturated rings. The van der Waals surface area contributed by atoms with Crippen LogP contribution < -0.4 is 10.5 Å². The van der Waals surface area contributed by atoms with Crippen molar-refractivity contribution in [2.24, 2.45) is 11.3 Å². The Bertz CT molecular complexity index is 1040. The second-order valence-corrected chi connectivity index (χ2v) is 7.83. The summed E-state index contributed by atoms with van der Waals surface area (Å²) in [7, 11) is 1.40. The van der Waals surface area contributed by atoms with Gasteiger partial charge < -0.3 is 9.64 Å². The number of halogens is 1. The van der Waals surface area contributed by atoms with E-state index < -0.39 is 15.9 Å². The highest BCUT2D eigenvalue weighted by Crippen LogP contribution is 2.50. The molecular formula is C19H19ClN4O5. The smallest absolute Gasteiger partial charge is 0.313 e. The third-order valence-corrected chi connectivity index (χ3v) is 6.36. The van der Waals surface area contributed by atoms with E-state index in [0.717, 1.165) is 23.9 Å². The number of hydrogen-bond donors (Lipinski definition) is 0. The van der Waals surface area contributed by atoms with Crippen molar-refractivity contribution in [1.82, 2.24) is 9.78 Å². The molecule has 0 N–H and O–H groups in total. The van der Waals surface area contributed by atoms with E-state index in [-0.39, 0.29) is 22.6 Å². The standard InChI is InChI=1S/C19H19ClN4O5/c1-29-18(26)19-8-2-3-12(19)10-22(11-19)15-9-21-23(17(25)16(15)20)13-4-6-14(7-5-13)24(27)28/h4-7,9,12H,2-3,8,10-11H2,1H3. The predicted molar refractivity (Wildman–Crippen MR) is 106 cm³/mol. The summed E-state index contributed by atoms with van der Waals surface area (Å²) in [5, 5.41) is 15.0. The zero-order valence-corrected chi connectivity index (χ0v) is 16.5. The molecule has 10 heteroatoms. The fourth-order valence-electron chi connectivity index (χ4n) is 4.55. The van der Waals surface area contributed by atoms with E-state index in [1.807, 2.05) is 4.90 Å². The lowest BCUT2D eigenvalue weighted by molar-refractivity contribution is -0.384. The number of aromatic nitrogens is 2. The van der Waals surface area contributed by atoms with Gasteiger partial charge in [-0.25, -0.2) is 0 Å². The van der Waals surface area contributed by atoms with Crippen molar-refractivity contribution >= 4 is 28.9 Å². The SMILES string of the molecule is COC(=O)C12CCCC1CN(c1cnn(-c3ccc([N+](=O)[O-])cc3)c(=O)c1Cl)C2. The molecule has 1 saturated carbocycles. The van der Waals surface area contributed by atoms with E-state index in [4.69, 9.17) is 16.3 Å². The van der Waals surface area contributed by atoms with Crippen LogP contribution in [0.25, 0.3) is 5.69 Å². The summed E-state index contributed by atoms with van der Waals surface area (Å²) >= 11 is 6.39. The molecule has 0 bridgehead atoms. The first-order valence-corrected chi connectivity index (χ1v) is 9.61. The molecular weight excluding hydrogens is 400 g/mol. The number of esters is 1. The molecule has 2 aromatic rings. The number of hydrogen-bond acceptors (Lipinski definition) is 7. The molecule has 9 nitrogen and oxygen atoms in total. The van der Waals surface area contributed by atoms with Gasteiger partial charge >= 0.3 is 5.97 Å². The lowest BCUT2D eigenvalue weighted by atomic mass is 9.81. The highest BCUT2D eigenvalue weighted by Gasteiger charge is 2.55. The lowest BCUT2D eigenvalue weighted by Crippen LogP contribution is -2.37. The third-order valence-electron chi connectivity index (χ3n) is 6.01. The number of rotatable bonds is 4. The Kier molecular flexibility index (Phi) is 4.77. The van der Waals surface area contributed by atoms with Crippen LogP contribution in [0.4, 0.5) is 11.4 Å². The minimum atomic E-state index is -0.564. The molecule has 1 aromatic carbocycles. The van der Waals surface area contributed by atoms with Gasteiger partial charge in [0.05, 0.1) is 35.0 Å². The Hall–Kier alpha value is -2.94. The number of benzene rings is 1. The highest BCUT2D eigenvalue weighted by atomic mass is 35.5. The maximum Gasteiger partial charge on any atom is 0.313 e. The average Bonchev–Trinajstić information content (AvgIpc) is 3.28. The number of nitro groups is 1. The fraction of sp³-hybridized carbons (Fsp3) is 0.421. The Morgan fingerprint density at radius 3 is 2.76 bits per heavy atom. The van der Waals surface area contributed by atoms with Gasteiger partial charge in [0, 0.05) is 25.2 Å². The van der Waals surface area contributed by atoms with Gasteiger partial charge in [-0.15, -0.1) is 0 Å². The van der Waals surface area contributed by atoms with Crippen LogP contribution in [0.5, 0.6) is 0 Å². The number of fused-ring (bicyclic) bond motifs is 1. The largest absolute Gasteiger partial charge is 0.469 e. The number of methoxy groups -OCH3 is 1. The third kappa shape index (κ3) is 3.05. The Morgan fingerprint density at radius 1 is 1.38 bits per heavy atom. The van der Waals surface area contributed by atoms with E-state index in [0.29, 0.717) is 24.5 Å². The van der Waals surface area contributed by atoms with E-state index in [1.54, 1.807) is 0 Å². The minimum Gasteiger partial charge on any atom is -0.469 e. The zero-order valence-electron chi connectivity index (χ0n) is 15.7. The maximum absolute atomic E-state index is 12.8. The Balaban J connectivity index is 1.66. The Labute approximate surface area is 171 Å². The van der Waals surface area contributed by atoms with Crippen LogP contribution in [0.3, 0.4) is 0 Å². The fourth-order valence-corrected chi connectivity index (χ4v) is 4.80. The molecule has 0 spiro atoms. The van der Waals surface area contributed by atoms with Gasteiger partial charge in [-0.1, -0.05) is 18.0 Å². The molecule has 1 saturated heterocycles. The maximum atomic E-state index is 12.8. The van der Waals surface area contributed by atoms with Crippen molar-refractivity contribution in [1.29, 1.82) is 0 Å². The molecule has 2 unspecified atom stereocenters. The number of carbonyl (C=O) groups excluding carboxylic acids is 1. The summed E-state index contributed by atoms with van der Waals surface area (Å²) < 4.78 is 6.15. The summed E-state index contributed by atoms with van der Waals surface area (Å²) in [5.74, 6) is -0.0612.